The van der Waals surface area contributed by atoms with Crippen LogP contribution in [0.2, 0.25) is 0 Å². The van der Waals surface area contributed by atoms with E-state index in [1.807, 2.05) is 25.1 Å². The number of aryl methyl sites for hydroxylation is 1. The molecule has 3 nitrogen and oxygen atoms in total. The second-order valence-corrected chi connectivity index (χ2v) is 5.75. The maximum Gasteiger partial charge on any atom is 0.253 e. The SMILES string of the molecule is C=CCN(CCc1c(C)[nH]c2ccc(OC)cc12)C(C)C(F)F. The van der Waals surface area contributed by atoms with Crippen LogP contribution in [0.5, 0.6) is 5.75 Å². The number of nitrogens with one attached hydrogen (secondary N) is 1. The van der Waals surface area contributed by atoms with Crippen LogP contribution in [-0.4, -0.2) is 42.6 Å². The van der Waals surface area contributed by atoms with E-state index in [-0.39, 0.29) is 0 Å². The van der Waals surface area contributed by atoms with E-state index >= 15 is 0 Å². The van der Waals surface area contributed by atoms with Crippen LogP contribution >= 0.6 is 0 Å². The molecule has 1 aromatic carbocycles. The number of halogens is 2. The molecular formula is C18H24F2N2O. The van der Waals surface area contributed by atoms with Crippen LogP contribution in [0.15, 0.2) is 30.9 Å². The van der Waals surface area contributed by atoms with Gasteiger partial charge in [0, 0.05) is 29.7 Å². The number of H-pyrrole nitrogens is 1. The van der Waals surface area contributed by atoms with Crippen molar-refractivity contribution in [1.29, 1.82) is 0 Å². The fourth-order valence-electron chi connectivity index (χ4n) is 2.85. The van der Waals surface area contributed by atoms with Crippen molar-refractivity contribution in [3.8, 4) is 5.75 Å². The Balaban J connectivity index is 2.22. The number of fused-ring (bicyclic) bond motifs is 1. The zero-order valence-electron chi connectivity index (χ0n) is 13.9. The zero-order valence-corrected chi connectivity index (χ0v) is 13.9. The van der Waals surface area contributed by atoms with E-state index in [4.69, 9.17) is 4.74 Å². The van der Waals surface area contributed by atoms with Gasteiger partial charge >= 0.3 is 0 Å². The van der Waals surface area contributed by atoms with Crippen LogP contribution in [0.3, 0.4) is 0 Å². The second kappa shape index (κ2) is 7.59. The quantitative estimate of drug-likeness (QED) is 0.739. The summed E-state index contributed by atoms with van der Waals surface area (Å²) < 4.78 is 31.3. The molecule has 0 saturated carbocycles. The van der Waals surface area contributed by atoms with Crippen molar-refractivity contribution in [2.24, 2.45) is 0 Å². The Labute approximate surface area is 135 Å². The minimum absolute atomic E-state index is 0.455. The van der Waals surface area contributed by atoms with Crippen LogP contribution in [-0.2, 0) is 6.42 Å². The Bertz CT molecular complexity index is 666. The van der Waals surface area contributed by atoms with E-state index in [1.165, 1.54) is 0 Å². The highest BCUT2D eigenvalue weighted by molar-refractivity contribution is 5.86. The van der Waals surface area contributed by atoms with Gasteiger partial charge in [-0.15, -0.1) is 6.58 Å². The molecule has 0 radical (unpaired) electrons. The summed E-state index contributed by atoms with van der Waals surface area (Å²) in [6.07, 6.45) is 0.00700. The number of hydrogen-bond donors (Lipinski definition) is 1. The van der Waals surface area contributed by atoms with Crippen LogP contribution in [0, 0.1) is 6.92 Å². The molecule has 5 heteroatoms. The molecule has 2 aromatic rings. The number of rotatable bonds is 8. The molecule has 0 spiro atoms. The van der Waals surface area contributed by atoms with Crippen molar-refractivity contribution in [2.75, 3.05) is 20.2 Å². The summed E-state index contributed by atoms with van der Waals surface area (Å²) in [7, 11) is 1.64. The van der Waals surface area contributed by atoms with Gasteiger partial charge in [-0.05, 0) is 44.0 Å². The first kappa shape index (κ1) is 17.5. The monoisotopic (exact) mass is 322 g/mol. The third-order valence-corrected chi connectivity index (χ3v) is 4.28. The highest BCUT2D eigenvalue weighted by Gasteiger charge is 2.22. The highest BCUT2D eigenvalue weighted by atomic mass is 19.3. The van der Waals surface area contributed by atoms with E-state index in [0.717, 1.165) is 27.9 Å². The lowest BCUT2D eigenvalue weighted by molar-refractivity contribution is 0.0408. The number of benzene rings is 1. The van der Waals surface area contributed by atoms with Gasteiger partial charge in [-0.3, -0.25) is 4.90 Å². The Morgan fingerprint density at radius 3 is 2.74 bits per heavy atom. The fourth-order valence-corrected chi connectivity index (χ4v) is 2.85. The first-order chi connectivity index (χ1) is 11.0. The summed E-state index contributed by atoms with van der Waals surface area (Å²) in [6, 6.07) is 5.09. The van der Waals surface area contributed by atoms with Gasteiger partial charge in [0.05, 0.1) is 13.2 Å². The number of hydrogen-bond acceptors (Lipinski definition) is 2. The number of alkyl halides is 2. The van der Waals surface area contributed by atoms with Gasteiger partial charge in [0.1, 0.15) is 5.75 Å². The molecule has 1 unspecified atom stereocenters. The Kier molecular flexibility index (Phi) is 5.77. The second-order valence-electron chi connectivity index (χ2n) is 5.75. The van der Waals surface area contributed by atoms with Gasteiger partial charge < -0.3 is 9.72 Å². The zero-order chi connectivity index (χ0) is 17.0. The van der Waals surface area contributed by atoms with Crippen LogP contribution in [0.4, 0.5) is 8.78 Å². The van der Waals surface area contributed by atoms with Gasteiger partial charge in [0.25, 0.3) is 6.43 Å². The molecule has 1 atom stereocenters. The van der Waals surface area contributed by atoms with Crippen LogP contribution in [0.25, 0.3) is 10.9 Å². The molecule has 1 heterocycles. The normalized spacial score (nSPS) is 13.0. The molecule has 0 saturated heterocycles. The van der Waals surface area contributed by atoms with E-state index < -0.39 is 12.5 Å². The topological polar surface area (TPSA) is 28.3 Å². The summed E-state index contributed by atoms with van der Waals surface area (Å²) in [5.41, 5.74) is 3.25. The molecular weight excluding hydrogens is 298 g/mol. The first-order valence-corrected chi connectivity index (χ1v) is 7.76. The molecule has 0 amide bonds. The molecule has 0 aliphatic rings. The van der Waals surface area contributed by atoms with Gasteiger partial charge in [-0.1, -0.05) is 6.08 Å². The Morgan fingerprint density at radius 1 is 1.39 bits per heavy atom. The number of aromatic nitrogens is 1. The molecule has 1 N–H and O–H groups in total. The largest absolute Gasteiger partial charge is 0.497 e. The smallest absolute Gasteiger partial charge is 0.253 e. The van der Waals surface area contributed by atoms with Crippen LogP contribution < -0.4 is 4.74 Å². The molecule has 126 valence electrons. The summed E-state index contributed by atoms with van der Waals surface area (Å²) in [5, 5.41) is 1.09. The lowest BCUT2D eigenvalue weighted by atomic mass is 10.1. The third-order valence-electron chi connectivity index (χ3n) is 4.28. The van der Waals surface area contributed by atoms with E-state index in [2.05, 4.69) is 11.6 Å². The summed E-state index contributed by atoms with van der Waals surface area (Å²) >= 11 is 0. The van der Waals surface area contributed by atoms with Crippen molar-refractivity contribution in [3.63, 3.8) is 0 Å². The minimum Gasteiger partial charge on any atom is -0.497 e. The fraction of sp³-hybridized carbons (Fsp3) is 0.444. The molecule has 23 heavy (non-hydrogen) atoms. The van der Waals surface area contributed by atoms with Crippen molar-refractivity contribution < 1.29 is 13.5 Å². The lowest BCUT2D eigenvalue weighted by Gasteiger charge is -2.27. The van der Waals surface area contributed by atoms with Crippen molar-refractivity contribution in [1.82, 2.24) is 9.88 Å². The maximum absolute atomic E-state index is 13.0. The summed E-state index contributed by atoms with van der Waals surface area (Å²) in [5.74, 6) is 0.793. The highest BCUT2D eigenvalue weighted by Crippen LogP contribution is 2.27. The standard InChI is InChI=1S/C18H24F2N2O/c1-5-9-22(13(3)18(19)20)10-8-15-12(2)21-17-7-6-14(23-4)11-16(15)17/h5-7,11,13,18,21H,1,8-10H2,2-4H3. The first-order valence-electron chi connectivity index (χ1n) is 7.76. The molecule has 2 rings (SSSR count). The molecule has 1 aromatic heterocycles. The third kappa shape index (κ3) is 3.91. The van der Waals surface area contributed by atoms with Gasteiger partial charge in [0.2, 0.25) is 0 Å². The predicted octanol–water partition coefficient (Wildman–Crippen LogP) is 4.17. The predicted molar refractivity (Wildman–Crippen MR) is 90.5 cm³/mol. The van der Waals surface area contributed by atoms with Gasteiger partial charge in [-0.2, -0.15) is 0 Å². The molecule has 0 fully saturated rings. The molecule has 0 bridgehead atoms. The molecule has 0 aliphatic heterocycles. The van der Waals surface area contributed by atoms with Gasteiger partial charge in [0.15, 0.2) is 0 Å². The maximum atomic E-state index is 13.0. The average Bonchev–Trinajstić information content (AvgIpc) is 2.85. The summed E-state index contributed by atoms with van der Waals surface area (Å²) in [6.45, 7) is 8.25. The van der Waals surface area contributed by atoms with E-state index in [1.54, 1.807) is 25.0 Å². The van der Waals surface area contributed by atoms with Crippen molar-refractivity contribution in [3.05, 3.63) is 42.1 Å². The van der Waals surface area contributed by atoms with Gasteiger partial charge in [-0.25, -0.2) is 8.78 Å². The number of methoxy groups -OCH3 is 1. The number of aromatic amines is 1. The lowest BCUT2D eigenvalue weighted by Crippen LogP contribution is -2.39. The van der Waals surface area contributed by atoms with Crippen molar-refractivity contribution in [2.45, 2.75) is 32.7 Å². The number of nitrogens with zero attached hydrogens (tertiary/aromatic N) is 1. The van der Waals surface area contributed by atoms with Crippen molar-refractivity contribution >= 4 is 10.9 Å². The minimum atomic E-state index is -2.36. The van der Waals surface area contributed by atoms with Crippen LogP contribution in [0.1, 0.15) is 18.2 Å². The molecule has 0 aliphatic carbocycles. The average molecular weight is 322 g/mol. The number of ether oxygens (including phenoxy) is 1. The Morgan fingerprint density at radius 2 is 2.13 bits per heavy atom. The van der Waals surface area contributed by atoms with E-state index in [9.17, 15) is 8.78 Å². The summed E-state index contributed by atoms with van der Waals surface area (Å²) in [4.78, 5) is 5.10. The Hall–Kier alpha value is -1.88. The van der Waals surface area contributed by atoms with E-state index in [0.29, 0.717) is 19.5 Å².